The maximum Gasteiger partial charge on any atom is 0.407 e. The molecule has 0 bridgehead atoms. The smallest absolute Gasteiger partial charge is 0.407 e. The summed E-state index contributed by atoms with van der Waals surface area (Å²) in [7, 11) is 1.59. The summed E-state index contributed by atoms with van der Waals surface area (Å²) in [6.45, 7) is 5.78. The molecule has 0 saturated carbocycles. The van der Waals surface area contributed by atoms with Crippen molar-refractivity contribution in [2.45, 2.75) is 52.4 Å². The maximum atomic E-state index is 12.9. The van der Waals surface area contributed by atoms with Crippen molar-refractivity contribution in [2.75, 3.05) is 20.3 Å². The summed E-state index contributed by atoms with van der Waals surface area (Å²) in [6, 6.07) is 22.4. The third-order valence-electron chi connectivity index (χ3n) is 6.14. The van der Waals surface area contributed by atoms with Crippen molar-refractivity contribution in [1.82, 2.24) is 5.32 Å². The Labute approximate surface area is 225 Å². The minimum atomic E-state index is -1.02. The van der Waals surface area contributed by atoms with E-state index in [-0.39, 0.29) is 33.2 Å². The van der Waals surface area contributed by atoms with Crippen LogP contribution in [0.1, 0.15) is 50.8 Å². The van der Waals surface area contributed by atoms with Crippen molar-refractivity contribution in [3.63, 3.8) is 0 Å². The summed E-state index contributed by atoms with van der Waals surface area (Å²) >= 11 is 0. The zero-order valence-corrected chi connectivity index (χ0v) is 21.7. The van der Waals surface area contributed by atoms with E-state index in [1.165, 1.54) is 0 Å². The molecule has 1 amide bonds. The van der Waals surface area contributed by atoms with E-state index in [9.17, 15) is 9.59 Å². The number of hydrogen-bond donors (Lipinski definition) is 1. The van der Waals surface area contributed by atoms with Gasteiger partial charge in [-0.3, -0.25) is 0 Å². The highest BCUT2D eigenvalue weighted by molar-refractivity contribution is 5.82. The molecule has 7 heteroatoms. The van der Waals surface area contributed by atoms with E-state index in [0.717, 1.165) is 27.8 Å². The number of alkyl carbamates (subject to hydrolysis) is 1. The third kappa shape index (κ3) is 7.13. The van der Waals surface area contributed by atoms with E-state index in [0.29, 0.717) is 5.75 Å². The van der Waals surface area contributed by atoms with E-state index in [1.54, 1.807) is 19.2 Å². The zero-order chi connectivity index (χ0) is 26.4. The SMILES string of the molecule is C.COc1ccc(COC(=O)[C@H](COC(C)(C)C)NC(=O)OCC2c3ccccc3-c3ccccc32)cc1. The Morgan fingerprint density at radius 3 is 2.00 bits per heavy atom. The predicted molar refractivity (Wildman–Crippen MR) is 147 cm³/mol. The first-order valence-corrected chi connectivity index (χ1v) is 12.3. The topological polar surface area (TPSA) is 83.1 Å². The number of esters is 1. The van der Waals surface area contributed by atoms with Gasteiger partial charge in [-0.25, -0.2) is 9.59 Å². The molecule has 3 aromatic rings. The molecule has 1 N–H and O–H groups in total. The molecule has 1 atom stereocenters. The van der Waals surface area contributed by atoms with Crippen LogP contribution in [0.5, 0.6) is 5.75 Å². The number of carbonyl (C=O) groups is 2. The molecule has 1 aliphatic rings. The lowest BCUT2D eigenvalue weighted by Gasteiger charge is -2.24. The Morgan fingerprint density at radius 1 is 0.868 bits per heavy atom. The van der Waals surface area contributed by atoms with Gasteiger partial charge in [-0.15, -0.1) is 0 Å². The molecular weight excluding hydrogens is 482 g/mol. The van der Waals surface area contributed by atoms with Crippen LogP contribution in [0.2, 0.25) is 0 Å². The van der Waals surface area contributed by atoms with E-state index >= 15 is 0 Å². The van der Waals surface area contributed by atoms with Crippen molar-refractivity contribution in [3.05, 3.63) is 89.5 Å². The van der Waals surface area contributed by atoms with Gasteiger partial charge >= 0.3 is 12.1 Å². The standard InChI is InChI=1S/C30H33NO6.CH4/c1-30(2,3)37-19-27(28(32)35-17-20-13-15-21(34-4)16-14-20)31-29(33)36-18-26-24-11-7-5-9-22(24)23-10-6-8-12-25(23)26;/h5-16,26-27H,17-19H2,1-4H3,(H,31,33);1H4/t27-;/m0./s1. The Bertz CT molecular complexity index is 1190. The summed E-state index contributed by atoms with van der Waals surface area (Å²) in [5, 5.41) is 2.64. The van der Waals surface area contributed by atoms with Gasteiger partial charge in [0, 0.05) is 5.92 Å². The number of rotatable bonds is 9. The van der Waals surface area contributed by atoms with Crippen LogP contribution in [0.15, 0.2) is 72.8 Å². The second-order valence-corrected chi connectivity index (χ2v) is 9.90. The lowest BCUT2D eigenvalue weighted by atomic mass is 9.98. The van der Waals surface area contributed by atoms with E-state index in [4.69, 9.17) is 18.9 Å². The normalized spacial score (nSPS) is 12.9. The number of fused-ring (bicyclic) bond motifs is 3. The van der Waals surface area contributed by atoms with Gasteiger partial charge in [0.15, 0.2) is 6.04 Å². The number of methoxy groups -OCH3 is 1. The monoisotopic (exact) mass is 519 g/mol. The number of amides is 1. The summed E-state index contributed by atoms with van der Waals surface area (Å²) in [5.74, 6) is 0.0291. The zero-order valence-electron chi connectivity index (χ0n) is 21.7. The molecule has 0 heterocycles. The van der Waals surface area contributed by atoms with Crippen molar-refractivity contribution < 1.29 is 28.5 Å². The molecule has 0 radical (unpaired) electrons. The Morgan fingerprint density at radius 2 is 1.45 bits per heavy atom. The molecule has 0 saturated heterocycles. The average Bonchev–Trinajstić information content (AvgIpc) is 3.22. The van der Waals surface area contributed by atoms with Crippen LogP contribution in [-0.4, -0.2) is 44.0 Å². The van der Waals surface area contributed by atoms with Gasteiger partial charge in [-0.05, 0) is 60.7 Å². The lowest BCUT2D eigenvalue weighted by Crippen LogP contribution is -2.46. The van der Waals surface area contributed by atoms with Crippen LogP contribution in [-0.2, 0) is 25.6 Å². The fourth-order valence-corrected chi connectivity index (χ4v) is 4.26. The van der Waals surface area contributed by atoms with Crippen LogP contribution in [0.25, 0.3) is 11.1 Å². The summed E-state index contributed by atoms with van der Waals surface area (Å²) in [4.78, 5) is 25.7. The minimum absolute atomic E-state index is 0. The van der Waals surface area contributed by atoms with E-state index < -0.39 is 23.7 Å². The van der Waals surface area contributed by atoms with Gasteiger partial charge < -0.3 is 24.3 Å². The van der Waals surface area contributed by atoms with Crippen molar-refractivity contribution in [3.8, 4) is 16.9 Å². The number of nitrogens with one attached hydrogen (secondary N) is 1. The van der Waals surface area contributed by atoms with Gasteiger partial charge in [0.05, 0.1) is 19.3 Å². The molecule has 0 aromatic heterocycles. The highest BCUT2D eigenvalue weighted by Gasteiger charge is 2.30. The first-order valence-electron chi connectivity index (χ1n) is 12.3. The summed E-state index contributed by atoms with van der Waals surface area (Å²) in [6.07, 6.45) is -0.703. The highest BCUT2D eigenvalue weighted by Crippen LogP contribution is 2.44. The molecule has 0 spiro atoms. The average molecular weight is 520 g/mol. The Kier molecular flexibility index (Phi) is 9.53. The number of benzene rings is 3. The van der Waals surface area contributed by atoms with E-state index in [2.05, 4.69) is 29.6 Å². The second kappa shape index (κ2) is 12.6. The lowest BCUT2D eigenvalue weighted by molar-refractivity contribution is -0.150. The van der Waals surface area contributed by atoms with Crippen LogP contribution >= 0.6 is 0 Å². The molecule has 38 heavy (non-hydrogen) atoms. The molecule has 0 aliphatic heterocycles. The number of ether oxygens (including phenoxy) is 4. The first-order chi connectivity index (χ1) is 17.7. The minimum Gasteiger partial charge on any atom is -0.497 e. The Balaban J connectivity index is 0.00000400. The molecule has 1 aliphatic carbocycles. The van der Waals surface area contributed by atoms with Gasteiger partial charge in [0.25, 0.3) is 0 Å². The maximum absolute atomic E-state index is 12.9. The molecule has 202 valence electrons. The predicted octanol–water partition coefficient (Wildman–Crippen LogP) is 6.10. The van der Waals surface area contributed by atoms with Gasteiger partial charge in [-0.2, -0.15) is 0 Å². The second-order valence-electron chi connectivity index (χ2n) is 9.90. The van der Waals surface area contributed by atoms with Crippen LogP contribution in [0.4, 0.5) is 4.79 Å². The van der Waals surface area contributed by atoms with E-state index in [1.807, 2.05) is 57.2 Å². The number of carbonyl (C=O) groups excluding carboxylic acids is 2. The largest absolute Gasteiger partial charge is 0.497 e. The van der Waals surface area contributed by atoms with Crippen LogP contribution in [0.3, 0.4) is 0 Å². The quantitative estimate of drug-likeness (QED) is 0.344. The first kappa shape index (κ1) is 28.7. The third-order valence-corrected chi connectivity index (χ3v) is 6.14. The molecule has 7 nitrogen and oxygen atoms in total. The summed E-state index contributed by atoms with van der Waals surface area (Å²) < 4.78 is 22.0. The van der Waals surface area contributed by atoms with Crippen LogP contribution in [0, 0.1) is 0 Å². The molecule has 4 rings (SSSR count). The van der Waals surface area contributed by atoms with Gasteiger partial charge in [0.1, 0.15) is 19.0 Å². The van der Waals surface area contributed by atoms with Crippen molar-refractivity contribution in [2.24, 2.45) is 0 Å². The van der Waals surface area contributed by atoms with Gasteiger partial charge in [0.2, 0.25) is 0 Å². The van der Waals surface area contributed by atoms with Gasteiger partial charge in [-0.1, -0.05) is 68.1 Å². The highest BCUT2D eigenvalue weighted by atomic mass is 16.6. The molecular formula is C31H37NO6. The number of hydrogen-bond acceptors (Lipinski definition) is 6. The van der Waals surface area contributed by atoms with Crippen molar-refractivity contribution in [1.29, 1.82) is 0 Å². The molecule has 0 unspecified atom stereocenters. The summed E-state index contributed by atoms with van der Waals surface area (Å²) in [5.41, 5.74) is 4.81. The molecule has 3 aromatic carbocycles. The molecule has 0 fully saturated rings. The van der Waals surface area contributed by atoms with Crippen LogP contribution < -0.4 is 10.1 Å². The van der Waals surface area contributed by atoms with Crippen molar-refractivity contribution >= 4 is 12.1 Å². The fourth-order valence-electron chi connectivity index (χ4n) is 4.26. The Hall–Kier alpha value is -3.84. The fraction of sp³-hybridized carbons (Fsp3) is 0.355.